The third-order valence-electron chi connectivity index (χ3n) is 7.57. The highest BCUT2D eigenvalue weighted by atomic mass is 16.5. The van der Waals surface area contributed by atoms with Gasteiger partial charge < -0.3 is 24.9 Å². The monoisotopic (exact) mass is 620 g/mol. The molecule has 3 aromatic carbocycles. The van der Waals surface area contributed by atoms with Gasteiger partial charge in [0.15, 0.2) is 5.78 Å². The molecule has 1 aromatic heterocycles. The summed E-state index contributed by atoms with van der Waals surface area (Å²) >= 11 is 0. The van der Waals surface area contributed by atoms with E-state index in [0.29, 0.717) is 38.1 Å². The highest BCUT2D eigenvalue weighted by molar-refractivity contribution is 5.98. The van der Waals surface area contributed by atoms with Crippen molar-refractivity contribution in [3.05, 3.63) is 119 Å². The summed E-state index contributed by atoms with van der Waals surface area (Å²) in [6.45, 7) is 1.08. The molecule has 5 heterocycles. The van der Waals surface area contributed by atoms with Crippen LogP contribution >= 0.6 is 0 Å². The summed E-state index contributed by atoms with van der Waals surface area (Å²) in [5, 5.41) is 5.51. The van der Waals surface area contributed by atoms with Gasteiger partial charge in [-0.15, -0.1) is 0 Å². The molecule has 2 N–H and O–H groups in total. The van der Waals surface area contributed by atoms with Crippen LogP contribution in [0.3, 0.4) is 0 Å². The molecule has 8 rings (SSSR count). The van der Waals surface area contributed by atoms with Crippen LogP contribution in [-0.4, -0.2) is 59.1 Å². The van der Waals surface area contributed by atoms with Crippen LogP contribution in [0.2, 0.25) is 0 Å². The Morgan fingerprint density at radius 2 is 1.48 bits per heavy atom. The number of carbonyl (C=O) groups is 4. The molecule has 0 fully saturated rings. The molecule has 10 heteroatoms. The number of nitrogens with one attached hydrogen (secondary N) is 2. The molecule has 0 aliphatic carbocycles. The van der Waals surface area contributed by atoms with E-state index in [1.54, 1.807) is 0 Å². The predicted molar refractivity (Wildman–Crippen MR) is 171 cm³/mol. The number of hydrogen-bond acceptors (Lipinski definition) is 8. The maximum absolute atomic E-state index is 13.5. The molecule has 0 saturated heterocycles. The summed E-state index contributed by atoms with van der Waals surface area (Å²) in [4.78, 5) is 60.1. The molecule has 6 bridgehead atoms. The lowest BCUT2D eigenvalue weighted by molar-refractivity contribution is -0.125. The molecule has 4 aliphatic rings. The van der Waals surface area contributed by atoms with Crippen molar-refractivity contribution < 1.29 is 28.7 Å². The van der Waals surface area contributed by atoms with Gasteiger partial charge in [0.05, 0.1) is 31.6 Å². The van der Waals surface area contributed by atoms with Gasteiger partial charge in [0.2, 0.25) is 5.91 Å². The normalized spacial score (nSPS) is 16.7. The zero-order valence-corrected chi connectivity index (χ0v) is 25.4. The Morgan fingerprint density at radius 3 is 2.13 bits per heavy atom. The minimum absolute atomic E-state index is 0.0579. The van der Waals surface area contributed by atoms with E-state index in [0.717, 1.165) is 35.3 Å². The van der Waals surface area contributed by atoms with Crippen LogP contribution < -0.4 is 20.1 Å². The number of ether oxygens (including phenoxy) is 2. The summed E-state index contributed by atoms with van der Waals surface area (Å²) < 4.78 is 11.7. The van der Waals surface area contributed by atoms with Crippen LogP contribution in [-0.2, 0) is 28.9 Å². The molecule has 4 aromatic rings. The first-order valence-corrected chi connectivity index (χ1v) is 15.4. The molecular weight excluding hydrogens is 584 g/mol. The Bertz CT molecular complexity index is 1630. The molecule has 2 amide bonds. The second-order valence-electron chi connectivity index (χ2n) is 11.1. The number of aldehydes is 1. The molecule has 0 spiro atoms. The molecular formula is C36H36N4O6. The molecule has 0 unspecified atom stereocenters. The molecule has 0 saturated carbocycles. The minimum atomic E-state index is -1.05. The molecule has 46 heavy (non-hydrogen) atoms. The van der Waals surface area contributed by atoms with Crippen molar-refractivity contribution in [1.29, 1.82) is 0 Å². The van der Waals surface area contributed by atoms with Gasteiger partial charge in [-0.25, -0.2) is 4.98 Å². The maximum atomic E-state index is 13.5. The molecule has 4 aliphatic heterocycles. The highest BCUT2D eigenvalue weighted by Gasteiger charge is 2.25. The maximum Gasteiger partial charge on any atom is 0.272 e. The van der Waals surface area contributed by atoms with Crippen LogP contribution in [0.25, 0.3) is 0 Å². The van der Waals surface area contributed by atoms with E-state index < -0.39 is 23.9 Å². The Labute approximate surface area is 267 Å². The van der Waals surface area contributed by atoms with Crippen molar-refractivity contribution in [2.75, 3.05) is 13.2 Å². The zero-order valence-electron chi connectivity index (χ0n) is 25.4. The Hall–Kier alpha value is -5.38. The van der Waals surface area contributed by atoms with E-state index in [1.807, 2.05) is 78.9 Å². The number of carbonyl (C=O) groups excluding carboxylic acids is 4. The number of Topliss-reactive ketones (excluding diaryl/α,β-unsaturated/α-hetero) is 1. The number of amides is 2. The first-order chi connectivity index (χ1) is 22.5. The fourth-order valence-corrected chi connectivity index (χ4v) is 5.02. The number of hydrogen-bond donors (Lipinski definition) is 2. The van der Waals surface area contributed by atoms with Crippen molar-refractivity contribution in [1.82, 2.24) is 20.6 Å². The second-order valence-corrected chi connectivity index (χ2v) is 11.1. The van der Waals surface area contributed by atoms with Gasteiger partial charge in [-0.2, -0.15) is 0 Å². The predicted octanol–water partition coefficient (Wildman–Crippen LogP) is 4.11. The molecule has 0 radical (unpaired) electrons. The first kappa shape index (κ1) is 32.0. The lowest BCUT2D eigenvalue weighted by Gasteiger charge is -2.21. The van der Waals surface area contributed by atoms with Crippen molar-refractivity contribution >= 4 is 23.9 Å². The fourth-order valence-electron chi connectivity index (χ4n) is 5.02. The van der Waals surface area contributed by atoms with E-state index in [9.17, 15) is 19.2 Å². The van der Waals surface area contributed by atoms with E-state index in [4.69, 9.17) is 9.47 Å². The standard InChI is InChI=1S/C36H36N4O6/c41-24-28(20-26-6-2-1-3-7-26)38-35(43)31-21-27-10-15-30(16-11-27)46-19-5-4-18-45-29-13-8-25(9-14-29)12-17-34(42)32-22-37-23-33(39-32)36(44)40-31/h1-3,6-11,13-16,22-24,28,31H,4-5,12,17-21H2,(H,38,43)(H,40,44)/t28-,31-/m0/s1. The molecule has 2 atom stereocenters. The fraction of sp³-hybridized carbons (Fsp3) is 0.278. The van der Waals surface area contributed by atoms with Gasteiger partial charge in [-0.05, 0) is 66.6 Å². The summed E-state index contributed by atoms with van der Waals surface area (Å²) in [6.07, 6.45) is 5.97. The van der Waals surface area contributed by atoms with Crippen molar-refractivity contribution in [3.63, 3.8) is 0 Å². The van der Waals surface area contributed by atoms with Gasteiger partial charge >= 0.3 is 0 Å². The van der Waals surface area contributed by atoms with Crippen molar-refractivity contribution in [3.8, 4) is 11.5 Å². The Kier molecular flexibility index (Phi) is 11.2. The van der Waals surface area contributed by atoms with Crippen molar-refractivity contribution in [2.24, 2.45) is 0 Å². The smallest absolute Gasteiger partial charge is 0.272 e. The number of aromatic nitrogens is 2. The Morgan fingerprint density at radius 1 is 0.848 bits per heavy atom. The van der Waals surface area contributed by atoms with Gasteiger partial charge in [0.1, 0.15) is 35.2 Å². The van der Waals surface area contributed by atoms with Crippen LogP contribution in [0.4, 0.5) is 0 Å². The van der Waals surface area contributed by atoms with E-state index in [2.05, 4.69) is 20.6 Å². The zero-order chi connectivity index (χ0) is 32.1. The number of nitrogens with zero attached hydrogens (tertiary/aromatic N) is 2. The average Bonchev–Trinajstić information content (AvgIpc) is 3.09. The van der Waals surface area contributed by atoms with Crippen molar-refractivity contribution in [2.45, 2.75) is 50.6 Å². The first-order valence-electron chi connectivity index (χ1n) is 15.4. The van der Waals surface area contributed by atoms with Gasteiger partial charge in [0.25, 0.3) is 5.91 Å². The second kappa shape index (κ2) is 16.1. The quantitative estimate of drug-likeness (QED) is 0.318. The lowest BCUT2D eigenvalue weighted by atomic mass is 10.0. The van der Waals surface area contributed by atoms with Crippen LogP contribution in [0.5, 0.6) is 11.5 Å². The topological polar surface area (TPSA) is 137 Å². The van der Waals surface area contributed by atoms with E-state index in [-0.39, 0.29) is 30.0 Å². The summed E-state index contributed by atoms with van der Waals surface area (Å²) in [5.41, 5.74) is 2.57. The summed E-state index contributed by atoms with van der Waals surface area (Å²) in [7, 11) is 0. The summed E-state index contributed by atoms with van der Waals surface area (Å²) in [6, 6.07) is 22.4. The molecule has 236 valence electrons. The van der Waals surface area contributed by atoms with Gasteiger partial charge in [0, 0.05) is 12.8 Å². The number of ketones is 1. The van der Waals surface area contributed by atoms with E-state index in [1.165, 1.54) is 12.4 Å². The van der Waals surface area contributed by atoms with Crippen LogP contribution in [0.15, 0.2) is 91.3 Å². The lowest BCUT2D eigenvalue weighted by Crippen LogP contribution is -2.51. The van der Waals surface area contributed by atoms with E-state index >= 15 is 0 Å². The minimum Gasteiger partial charge on any atom is -0.494 e. The Balaban J connectivity index is 1.36. The molecule has 10 nitrogen and oxygen atoms in total. The van der Waals surface area contributed by atoms with Crippen LogP contribution in [0, 0.1) is 0 Å². The summed E-state index contributed by atoms with van der Waals surface area (Å²) in [5.74, 6) is -0.0197. The number of rotatable bonds is 5. The average molecular weight is 621 g/mol. The third-order valence-corrected chi connectivity index (χ3v) is 7.57. The van der Waals surface area contributed by atoms with Gasteiger partial charge in [-0.1, -0.05) is 54.6 Å². The third kappa shape index (κ3) is 9.31. The SMILES string of the molecule is O=C[C@H](Cc1ccccc1)NC(=O)[C@@H]1Cc2ccc(cc2)OCCCCOc2ccc(cc2)CCC(=O)c2cncc(n2)C(=O)N1. The highest BCUT2D eigenvalue weighted by Crippen LogP contribution is 2.17. The van der Waals surface area contributed by atoms with Crippen LogP contribution in [0.1, 0.15) is 56.9 Å². The number of benzene rings is 3. The number of aryl methyl sites for hydroxylation is 1. The van der Waals surface area contributed by atoms with Gasteiger partial charge in [-0.3, -0.25) is 19.4 Å². The largest absolute Gasteiger partial charge is 0.494 e.